The van der Waals surface area contributed by atoms with Gasteiger partial charge >= 0.3 is 0 Å². The number of ether oxygens (including phenoxy) is 1. The van der Waals surface area contributed by atoms with E-state index in [1.807, 2.05) is 4.90 Å². The van der Waals surface area contributed by atoms with Crippen molar-refractivity contribution in [3.8, 4) is 11.4 Å². The Balaban J connectivity index is 1.48. The molecular weight excluding hydrogens is 308 g/mol. The summed E-state index contributed by atoms with van der Waals surface area (Å²) in [7, 11) is 0. The summed E-state index contributed by atoms with van der Waals surface area (Å²) in [6.07, 6.45) is 4.51. The van der Waals surface area contributed by atoms with Gasteiger partial charge in [0.15, 0.2) is 0 Å². The van der Waals surface area contributed by atoms with E-state index in [9.17, 15) is 4.79 Å². The lowest BCUT2D eigenvalue weighted by molar-refractivity contribution is -0.139. The van der Waals surface area contributed by atoms with Gasteiger partial charge in [-0.15, -0.1) is 0 Å². The van der Waals surface area contributed by atoms with E-state index < -0.39 is 0 Å². The molecule has 0 bridgehead atoms. The van der Waals surface area contributed by atoms with Crippen LogP contribution in [0.15, 0.2) is 29.0 Å². The van der Waals surface area contributed by atoms with Gasteiger partial charge in [-0.05, 0) is 30.4 Å². The first-order valence-corrected chi connectivity index (χ1v) is 8.20. The van der Waals surface area contributed by atoms with Crippen molar-refractivity contribution in [3.63, 3.8) is 0 Å². The summed E-state index contributed by atoms with van der Waals surface area (Å²) in [5.41, 5.74) is 0.826. The number of nitrogens with zero attached hydrogens (tertiary/aromatic N) is 4. The summed E-state index contributed by atoms with van der Waals surface area (Å²) in [5.74, 6) is 1.94. The number of aromatic nitrogens is 3. The van der Waals surface area contributed by atoms with Crippen LogP contribution in [0.4, 0.5) is 0 Å². The van der Waals surface area contributed by atoms with Crippen LogP contribution in [0, 0.1) is 11.8 Å². The minimum absolute atomic E-state index is 0.0160. The van der Waals surface area contributed by atoms with Crippen LogP contribution in [-0.4, -0.2) is 45.6 Å². The second kappa shape index (κ2) is 7.53. The maximum Gasteiger partial charge on any atom is 0.252 e. The Morgan fingerprint density at radius 3 is 2.71 bits per heavy atom. The Morgan fingerprint density at radius 2 is 2.00 bits per heavy atom. The van der Waals surface area contributed by atoms with Gasteiger partial charge in [-0.2, -0.15) is 4.98 Å². The van der Waals surface area contributed by atoms with Gasteiger partial charge in [-0.3, -0.25) is 9.78 Å². The summed E-state index contributed by atoms with van der Waals surface area (Å²) >= 11 is 0. The van der Waals surface area contributed by atoms with Crippen molar-refractivity contribution < 1.29 is 14.1 Å². The summed E-state index contributed by atoms with van der Waals surface area (Å²) in [4.78, 5) is 22.3. The number of piperidine rings is 1. The summed E-state index contributed by atoms with van der Waals surface area (Å²) in [5, 5.41) is 3.90. The highest BCUT2D eigenvalue weighted by molar-refractivity contribution is 5.77. The number of carbonyl (C=O) groups is 1. The largest absolute Gasteiger partial charge is 0.362 e. The predicted octanol–water partition coefficient (Wildman–Crippen LogP) is 2.15. The molecule has 0 spiro atoms. The lowest BCUT2D eigenvalue weighted by atomic mass is 9.92. The van der Waals surface area contributed by atoms with Gasteiger partial charge in [0.1, 0.15) is 13.2 Å². The molecular formula is C17H22N4O3. The zero-order valence-electron chi connectivity index (χ0n) is 14.0. The third-order valence-corrected chi connectivity index (χ3v) is 4.08. The lowest BCUT2D eigenvalue weighted by Crippen LogP contribution is -2.44. The number of amides is 1. The Kier molecular flexibility index (Phi) is 5.20. The SMILES string of the molecule is C[C@H]1C[C@H](C)CN(C(=O)COCc2nc(-c3ccncc3)no2)C1. The van der Waals surface area contributed by atoms with Gasteiger partial charge in [-0.25, -0.2) is 0 Å². The van der Waals surface area contributed by atoms with E-state index in [4.69, 9.17) is 9.26 Å². The number of pyridine rings is 1. The van der Waals surface area contributed by atoms with Gasteiger partial charge in [0.25, 0.3) is 5.89 Å². The molecule has 1 saturated heterocycles. The van der Waals surface area contributed by atoms with Crippen LogP contribution in [-0.2, 0) is 16.1 Å². The van der Waals surface area contributed by atoms with Crippen molar-refractivity contribution in [1.29, 1.82) is 0 Å². The molecule has 3 rings (SSSR count). The topological polar surface area (TPSA) is 81.4 Å². The Bertz CT molecular complexity index is 663. The maximum atomic E-state index is 12.2. The molecule has 7 nitrogen and oxygen atoms in total. The summed E-state index contributed by atoms with van der Waals surface area (Å²) < 4.78 is 10.6. The first kappa shape index (κ1) is 16.6. The van der Waals surface area contributed by atoms with Gasteiger partial charge < -0.3 is 14.2 Å². The number of hydrogen-bond acceptors (Lipinski definition) is 6. The highest BCUT2D eigenvalue weighted by Gasteiger charge is 2.25. The second-order valence-corrected chi connectivity index (χ2v) is 6.49. The fourth-order valence-electron chi connectivity index (χ4n) is 3.12. The van der Waals surface area contributed by atoms with Crippen LogP contribution in [0.5, 0.6) is 0 Å². The molecule has 0 aliphatic carbocycles. The van der Waals surface area contributed by atoms with Crippen LogP contribution in [0.2, 0.25) is 0 Å². The van der Waals surface area contributed by atoms with Crippen molar-refractivity contribution in [1.82, 2.24) is 20.0 Å². The van der Waals surface area contributed by atoms with Crippen molar-refractivity contribution in [3.05, 3.63) is 30.4 Å². The molecule has 0 aromatic carbocycles. The highest BCUT2D eigenvalue weighted by Crippen LogP contribution is 2.21. The molecule has 0 unspecified atom stereocenters. The van der Waals surface area contributed by atoms with Gasteiger partial charge in [0.05, 0.1) is 0 Å². The Morgan fingerprint density at radius 1 is 1.29 bits per heavy atom. The van der Waals surface area contributed by atoms with E-state index in [-0.39, 0.29) is 19.1 Å². The van der Waals surface area contributed by atoms with E-state index in [1.165, 1.54) is 6.42 Å². The van der Waals surface area contributed by atoms with E-state index in [0.29, 0.717) is 23.6 Å². The first-order chi connectivity index (χ1) is 11.6. The minimum Gasteiger partial charge on any atom is -0.362 e. The third-order valence-electron chi connectivity index (χ3n) is 4.08. The van der Waals surface area contributed by atoms with Crippen LogP contribution in [0.25, 0.3) is 11.4 Å². The third kappa shape index (κ3) is 4.17. The van der Waals surface area contributed by atoms with Crippen molar-refractivity contribution in [2.24, 2.45) is 11.8 Å². The molecule has 128 valence electrons. The molecule has 24 heavy (non-hydrogen) atoms. The number of likely N-dealkylation sites (tertiary alicyclic amines) is 1. The molecule has 2 aromatic rings. The monoisotopic (exact) mass is 330 g/mol. The fraction of sp³-hybridized carbons (Fsp3) is 0.529. The molecule has 7 heteroatoms. The summed E-state index contributed by atoms with van der Waals surface area (Å²) in [6, 6.07) is 3.61. The molecule has 1 fully saturated rings. The van der Waals surface area contributed by atoms with E-state index >= 15 is 0 Å². The minimum atomic E-state index is 0.0160. The van der Waals surface area contributed by atoms with Gasteiger partial charge in [0.2, 0.25) is 11.7 Å². The van der Waals surface area contributed by atoms with Gasteiger partial charge in [0, 0.05) is 31.0 Å². The van der Waals surface area contributed by atoms with Crippen LogP contribution >= 0.6 is 0 Å². The van der Waals surface area contributed by atoms with Crippen molar-refractivity contribution >= 4 is 5.91 Å². The zero-order valence-corrected chi connectivity index (χ0v) is 14.0. The van der Waals surface area contributed by atoms with E-state index in [1.54, 1.807) is 24.5 Å². The van der Waals surface area contributed by atoms with Gasteiger partial charge in [-0.1, -0.05) is 19.0 Å². The molecule has 0 radical (unpaired) electrons. The Labute approximate surface area is 141 Å². The fourth-order valence-corrected chi connectivity index (χ4v) is 3.12. The smallest absolute Gasteiger partial charge is 0.252 e. The molecule has 0 saturated carbocycles. The Hall–Kier alpha value is -2.28. The number of rotatable bonds is 5. The normalized spacial score (nSPS) is 21.0. The molecule has 0 N–H and O–H groups in total. The standard InChI is InChI=1S/C17H22N4O3/c1-12-7-13(2)9-21(8-12)16(22)11-23-10-15-19-17(20-24-15)14-3-5-18-6-4-14/h3-6,12-13H,7-11H2,1-2H3/t12-,13-/m0/s1. The van der Waals surface area contributed by atoms with Crippen LogP contribution < -0.4 is 0 Å². The second-order valence-electron chi connectivity index (χ2n) is 6.49. The molecule has 1 amide bonds. The number of hydrogen-bond donors (Lipinski definition) is 0. The average Bonchev–Trinajstić information content (AvgIpc) is 3.03. The summed E-state index contributed by atoms with van der Waals surface area (Å²) in [6.45, 7) is 6.12. The average molecular weight is 330 g/mol. The van der Waals surface area contributed by atoms with Crippen LogP contribution in [0.1, 0.15) is 26.2 Å². The van der Waals surface area contributed by atoms with Crippen molar-refractivity contribution in [2.45, 2.75) is 26.9 Å². The predicted molar refractivity (Wildman–Crippen MR) is 86.7 cm³/mol. The molecule has 3 heterocycles. The van der Waals surface area contributed by atoms with Crippen molar-refractivity contribution in [2.75, 3.05) is 19.7 Å². The molecule has 2 atom stereocenters. The van der Waals surface area contributed by atoms with Crippen LogP contribution in [0.3, 0.4) is 0 Å². The number of carbonyl (C=O) groups excluding carboxylic acids is 1. The molecule has 2 aromatic heterocycles. The molecule has 1 aliphatic heterocycles. The lowest BCUT2D eigenvalue weighted by Gasteiger charge is -2.34. The molecule has 1 aliphatic rings. The van der Waals surface area contributed by atoms with E-state index in [2.05, 4.69) is 29.0 Å². The highest BCUT2D eigenvalue weighted by atomic mass is 16.5. The van der Waals surface area contributed by atoms with E-state index in [0.717, 1.165) is 18.7 Å². The quantitative estimate of drug-likeness (QED) is 0.835. The zero-order chi connectivity index (χ0) is 16.9. The first-order valence-electron chi connectivity index (χ1n) is 8.20. The maximum absolute atomic E-state index is 12.2.